The first-order valence-corrected chi connectivity index (χ1v) is 12.8. The van der Waals surface area contributed by atoms with Gasteiger partial charge in [0.1, 0.15) is 11.4 Å². The van der Waals surface area contributed by atoms with E-state index in [9.17, 15) is 14.4 Å². The maximum absolute atomic E-state index is 13.3. The Bertz CT molecular complexity index is 1430. The van der Waals surface area contributed by atoms with Crippen LogP contribution >= 0.6 is 22.7 Å². The van der Waals surface area contributed by atoms with E-state index in [4.69, 9.17) is 0 Å². The molecule has 174 valence electrons. The SMILES string of the molecule is Cc1ccc(-c2csc3ncn(CC(=O)N4CCN(C(=O)c5cccs5)CC4)c(=O)c23)cc1C. The molecule has 2 amide bonds. The third-order valence-corrected chi connectivity index (χ3v) is 8.08. The van der Waals surface area contributed by atoms with Crippen molar-refractivity contribution in [1.82, 2.24) is 19.4 Å². The Morgan fingerprint density at radius 3 is 2.47 bits per heavy atom. The standard InChI is InChI=1S/C25H24N4O3S2/c1-16-5-6-18(12-17(16)2)19-14-34-23-22(19)25(32)29(15-26-23)13-21(30)27-7-9-28(10-8-27)24(31)20-4-3-11-33-20/h3-6,11-12,14-15H,7-10,13H2,1-2H3. The third-order valence-electron chi connectivity index (χ3n) is 6.34. The number of carbonyl (C=O) groups is 2. The second-order valence-electron chi connectivity index (χ2n) is 8.46. The summed E-state index contributed by atoms with van der Waals surface area (Å²) in [7, 11) is 0. The van der Waals surface area contributed by atoms with Gasteiger partial charge in [-0.2, -0.15) is 0 Å². The van der Waals surface area contributed by atoms with E-state index in [0.29, 0.717) is 41.3 Å². The molecule has 0 aliphatic carbocycles. The second kappa shape index (κ2) is 9.15. The van der Waals surface area contributed by atoms with Crippen molar-refractivity contribution in [2.24, 2.45) is 0 Å². The lowest BCUT2D eigenvalue weighted by Crippen LogP contribution is -2.51. The van der Waals surface area contributed by atoms with E-state index in [1.54, 1.807) is 9.80 Å². The molecule has 0 saturated carbocycles. The number of aromatic nitrogens is 2. The molecule has 1 aliphatic heterocycles. The number of piperazine rings is 1. The van der Waals surface area contributed by atoms with Crippen molar-refractivity contribution < 1.29 is 9.59 Å². The fourth-order valence-electron chi connectivity index (χ4n) is 4.16. The second-order valence-corrected chi connectivity index (χ2v) is 10.3. The molecule has 4 aromatic rings. The Hall–Kier alpha value is -3.30. The minimum absolute atomic E-state index is 0.00398. The number of thiophene rings is 2. The number of aryl methyl sites for hydroxylation is 2. The summed E-state index contributed by atoms with van der Waals surface area (Å²) in [5.41, 5.74) is 3.97. The van der Waals surface area contributed by atoms with Crippen molar-refractivity contribution in [3.63, 3.8) is 0 Å². The van der Waals surface area contributed by atoms with Gasteiger partial charge in [-0.3, -0.25) is 19.0 Å². The van der Waals surface area contributed by atoms with Crippen LogP contribution in [-0.4, -0.2) is 57.3 Å². The largest absolute Gasteiger partial charge is 0.338 e. The molecule has 7 nitrogen and oxygen atoms in total. The summed E-state index contributed by atoms with van der Waals surface area (Å²) in [6.45, 7) is 5.91. The first kappa shape index (κ1) is 22.5. The molecule has 4 heterocycles. The zero-order valence-electron chi connectivity index (χ0n) is 19.0. The number of hydrogen-bond donors (Lipinski definition) is 0. The molecule has 0 N–H and O–H groups in total. The average Bonchev–Trinajstić information content (AvgIpc) is 3.53. The number of hydrogen-bond acceptors (Lipinski definition) is 6. The maximum atomic E-state index is 13.3. The van der Waals surface area contributed by atoms with E-state index in [1.807, 2.05) is 29.0 Å². The molecule has 1 aliphatic rings. The van der Waals surface area contributed by atoms with Crippen molar-refractivity contribution >= 4 is 44.7 Å². The number of carbonyl (C=O) groups excluding carboxylic acids is 2. The first-order chi connectivity index (χ1) is 16.4. The number of benzene rings is 1. The van der Waals surface area contributed by atoms with Crippen molar-refractivity contribution in [3.05, 3.63) is 73.8 Å². The zero-order chi connectivity index (χ0) is 23.8. The molecule has 0 unspecified atom stereocenters. The summed E-state index contributed by atoms with van der Waals surface area (Å²) in [5.74, 6) is -0.140. The number of amides is 2. The smallest absolute Gasteiger partial charge is 0.264 e. The fraction of sp³-hybridized carbons (Fsp3) is 0.280. The van der Waals surface area contributed by atoms with E-state index >= 15 is 0 Å². The number of nitrogens with zero attached hydrogens (tertiary/aromatic N) is 4. The Kier molecular flexibility index (Phi) is 6.05. The summed E-state index contributed by atoms with van der Waals surface area (Å²) < 4.78 is 1.39. The van der Waals surface area contributed by atoms with Gasteiger partial charge in [-0.1, -0.05) is 24.3 Å². The summed E-state index contributed by atoms with van der Waals surface area (Å²) in [6.07, 6.45) is 1.46. The molecule has 1 aromatic carbocycles. The predicted molar refractivity (Wildman–Crippen MR) is 136 cm³/mol. The molecule has 1 fully saturated rings. The molecule has 34 heavy (non-hydrogen) atoms. The highest BCUT2D eigenvalue weighted by Gasteiger charge is 2.26. The van der Waals surface area contributed by atoms with Crippen LogP contribution in [0.3, 0.4) is 0 Å². The molecule has 0 bridgehead atoms. The molecule has 0 radical (unpaired) electrons. The van der Waals surface area contributed by atoms with Crippen molar-refractivity contribution in [3.8, 4) is 11.1 Å². The zero-order valence-corrected chi connectivity index (χ0v) is 20.6. The average molecular weight is 493 g/mol. The van der Waals surface area contributed by atoms with Gasteiger partial charge < -0.3 is 9.80 Å². The predicted octanol–water partition coefficient (Wildman–Crippen LogP) is 3.79. The van der Waals surface area contributed by atoms with Crippen molar-refractivity contribution in [2.45, 2.75) is 20.4 Å². The lowest BCUT2D eigenvalue weighted by atomic mass is 10.0. The molecule has 0 spiro atoms. The van der Waals surface area contributed by atoms with Crippen LogP contribution in [0.5, 0.6) is 0 Å². The van der Waals surface area contributed by atoms with Crippen LogP contribution < -0.4 is 5.56 Å². The molecule has 1 saturated heterocycles. The van der Waals surface area contributed by atoms with Gasteiger partial charge in [0.15, 0.2) is 0 Å². The van der Waals surface area contributed by atoms with Crippen LogP contribution in [0.15, 0.2) is 52.2 Å². The first-order valence-electron chi connectivity index (χ1n) is 11.1. The molecule has 5 rings (SSSR count). The van der Waals surface area contributed by atoms with Crippen molar-refractivity contribution in [2.75, 3.05) is 26.2 Å². The quantitative estimate of drug-likeness (QED) is 0.434. The van der Waals surface area contributed by atoms with E-state index in [2.05, 4.69) is 31.0 Å². The highest BCUT2D eigenvalue weighted by molar-refractivity contribution is 7.17. The molecule has 9 heteroatoms. The summed E-state index contributed by atoms with van der Waals surface area (Å²) in [4.78, 5) is 48.2. The van der Waals surface area contributed by atoms with Gasteiger partial charge in [0.05, 0.1) is 16.6 Å². The van der Waals surface area contributed by atoms with Crippen LogP contribution in [0.4, 0.5) is 0 Å². The normalized spacial score (nSPS) is 14.1. The fourth-order valence-corrected chi connectivity index (χ4v) is 5.76. The topological polar surface area (TPSA) is 75.5 Å². The van der Waals surface area contributed by atoms with Gasteiger partial charge in [-0.25, -0.2) is 4.98 Å². The minimum atomic E-state index is -0.209. The van der Waals surface area contributed by atoms with E-state index in [0.717, 1.165) is 16.7 Å². The Morgan fingerprint density at radius 1 is 1.00 bits per heavy atom. The summed E-state index contributed by atoms with van der Waals surface area (Å²) in [5, 5.41) is 4.39. The monoisotopic (exact) mass is 492 g/mol. The van der Waals surface area contributed by atoms with Gasteiger partial charge in [0, 0.05) is 37.1 Å². The van der Waals surface area contributed by atoms with Crippen LogP contribution in [-0.2, 0) is 11.3 Å². The van der Waals surface area contributed by atoms with Crippen LogP contribution in [0, 0.1) is 13.8 Å². The summed E-state index contributed by atoms with van der Waals surface area (Å²) in [6, 6.07) is 9.82. The van der Waals surface area contributed by atoms with E-state index in [-0.39, 0.29) is 23.9 Å². The Balaban J connectivity index is 1.33. The van der Waals surface area contributed by atoms with E-state index in [1.165, 1.54) is 39.1 Å². The lowest BCUT2D eigenvalue weighted by molar-refractivity contribution is -0.133. The highest BCUT2D eigenvalue weighted by Crippen LogP contribution is 2.31. The molecular weight excluding hydrogens is 468 g/mol. The summed E-state index contributed by atoms with van der Waals surface area (Å²) >= 11 is 2.86. The molecule has 0 atom stereocenters. The van der Waals surface area contributed by atoms with Crippen LogP contribution in [0.1, 0.15) is 20.8 Å². The third kappa shape index (κ3) is 4.17. The van der Waals surface area contributed by atoms with Crippen molar-refractivity contribution in [1.29, 1.82) is 0 Å². The van der Waals surface area contributed by atoms with Gasteiger partial charge in [-0.15, -0.1) is 22.7 Å². The van der Waals surface area contributed by atoms with Gasteiger partial charge >= 0.3 is 0 Å². The molecule has 3 aromatic heterocycles. The van der Waals surface area contributed by atoms with E-state index < -0.39 is 0 Å². The maximum Gasteiger partial charge on any atom is 0.264 e. The van der Waals surface area contributed by atoms with Gasteiger partial charge in [-0.05, 0) is 42.0 Å². The Labute approximate surface area is 204 Å². The van der Waals surface area contributed by atoms with Gasteiger partial charge in [0.25, 0.3) is 11.5 Å². The minimum Gasteiger partial charge on any atom is -0.338 e. The number of fused-ring (bicyclic) bond motifs is 1. The van der Waals surface area contributed by atoms with Crippen LogP contribution in [0.25, 0.3) is 21.3 Å². The highest BCUT2D eigenvalue weighted by atomic mass is 32.1. The van der Waals surface area contributed by atoms with Crippen LogP contribution in [0.2, 0.25) is 0 Å². The molecular formula is C25H24N4O3S2. The Morgan fingerprint density at radius 2 is 1.76 bits per heavy atom. The van der Waals surface area contributed by atoms with Gasteiger partial charge in [0.2, 0.25) is 5.91 Å². The lowest BCUT2D eigenvalue weighted by Gasteiger charge is -2.34. The number of rotatable bonds is 4.